The maximum Gasteiger partial charge on any atom is 0.333 e. The summed E-state index contributed by atoms with van der Waals surface area (Å²) in [5.41, 5.74) is 0.483. The van der Waals surface area contributed by atoms with Crippen LogP contribution in [0.4, 0.5) is 0 Å². The highest BCUT2D eigenvalue weighted by Crippen LogP contribution is 2.37. The Morgan fingerprint density at radius 2 is 1.81 bits per heavy atom. The van der Waals surface area contributed by atoms with E-state index >= 15 is 0 Å². The van der Waals surface area contributed by atoms with Crippen LogP contribution in [0.3, 0.4) is 0 Å². The molecule has 16 heavy (non-hydrogen) atoms. The van der Waals surface area contributed by atoms with Gasteiger partial charge in [-0.3, -0.25) is 0 Å². The average Bonchev–Trinajstić information content (AvgIpc) is 2.17. The summed E-state index contributed by atoms with van der Waals surface area (Å²) in [6.45, 7) is 9.58. The van der Waals surface area contributed by atoms with E-state index in [9.17, 15) is 4.79 Å². The highest BCUT2D eigenvalue weighted by atomic mass is 32.1. The van der Waals surface area contributed by atoms with Crippen LogP contribution in [0.2, 0.25) is 0 Å². The van der Waals surface area contributed by atoms with Crippen molar-refractivity contribution in [1.29, 1.82) is 0 Å². The fraction of sp³-hybridized carbons (Fsp3) is 0.769. The molecular formula is C13H22O2S. The van der Waals surface area contributed by atoms with Crippen LogP contribution in [0.1, 0.15) is 46.5 Å². The van der Waals surface area contributed by atoms with Crippen molar-refractivity contribution >= 4 is 18.6 Å². The van der Waals surface area contributed by atoms with Gasteiger partial charge < -0.3 is 4.74 Å². The molecule has 3 heteroatoms. The lowest BCUT2D eigenvalue weighted by molar-refractivity contribution is -0.146. The van der Waals surface area contributed by atoms with Crippen molar-refractivity contribution in [3.8, 4) is 0 Å². The third kappa shape index (κ3) is 3.85. The van der Waals surface area contributed by atoms with E-state index < -0.39 is 0 Å². The predicted octanol–water partition coefficient (Wildman–Crippen LogP) is 3.37. The van der Waals surface area contributed by atoms with Gasteiger partial charge in [0.25, 0.3) is 0 Å². The van der Waals surface area contributed by atoms with Crippen LogP contribution in [-0.4, -0.2) is 16.8 Å². The molecule has 0 aromatic carbocycles. The van der Waals surface area contributed by atoms with Crippen molar-refractivity contribution in [3.05, 3.63) is 12.2 Å². The van der Waals surface area contributed by atoms with Gasteiger partial charge in [-0.15, -0.1) is 0 Å². The van der Waals surface area contributed by atoms with Crippen LogP contribution >= 0.6 is 12.6 Å². The van der Waals surface area contributed by atoms with Crippen LogP contribution < -0.4 is 0 Å². The van der Waals surface area contributed by atoms with Crippen LogP contribution in [0, 0.1) is 5.92 Å². The molecule has 0 N–H and O–H groups in total. The molecule has 1 saturated carbocycles. The lowest BCUT2D eigenvalue weighted by atomic mass is 9.80. The van der Waals surface area contributed by atoms with Crippen molar-refractivity contribution in [2.24, 2.45) is 5.92 Å². The third-order valence-corrected chi connectivity index (χ3v) is 3.66. The summed E-state index contributed by atoms with van der Waals surface area (Å²) in [5, 5.41) is 0. The average molecular weight is 242 g/mol. The van der Waals surface area contributed by atoms with Crippen molar-refractivity contribution in [2.45, 2.75) is 57.3 Å². The monoisotopic (exact) mass is 242 g/mol. The molecule has 0 aliphatic heterocycles. The molecule has 0 amide bonds. The SMILES string of the molecule is C=C(C)C(=O)OC1CCC(C(C)(C)S)CC1. The summed E-state index contributed by atoms with van der Waals surface area (Å²) in [4.78, 5) is 11.4. The maximum absolute atomic E-state index is 11.4. The van der Waals surface area contributed by atoms with Gasteiger partial charge >= 0.3 is 5.97 Å². The molecule has 0 aromatic heterocycles. The Morgan fingerprint density at radius 3 is 2.19 bits per heavy atom. The largest absolute Gasteiger partial charge is 0.459 e. The van der Waals surface area contributed by atoms with Crippen molar-refractivity contribution < 1.29 is 9.53 Å². The topological polar surface area (TPSA) is 26.3 Å². The second-order valence-electron chi connectivity index (χ2n) is 5.31. The predicted molar refractivity (Wildman–Crippen MR) is 69.7 cm³/mol. The fourth-order valence-corrected chi connectivity index (χ4v) is 2.40. The number of carbonyl (C=O) groups is 1. The summed E-state index contributed by atoms with van der Waals surface area (Å²) in [7, 11) is 0. The summed E-state index contributed by atoms with van der Waals surface area (Å²) < 4.78 is 5.42. The summed E-state index contributed by atoms with van der Waals surface area (Å²) in [5.74, 6) is 0.365. The lowest BCUT2D eigenvalue weighted by Crippen LogP contribution is -2.32. The number of thiol groups is 1. The summed E-state index contributed by atoms with van der Waals surface area (Å²) in [6, 6.07) is 0. The molecule has 1 aliphatic rings. The first kappa shape index (κ1) is 13.6. The molecule has 2 nitrogen and oxygen atoms in total. The van der Waals surface area contributed by atoms with Gasteiger partial charge in [0, 0.05) is 10.3 Å². The van der Waals surface area contributed by atoms with Gasteiger partial charge in [0.2, 0.25) is 0 Å². The van der Waals surface area contributed by atoms with Gasteiger partial charge in [-0.25, -0.2) is 4.79 Å². The fourth-order valence-electron chi connectivity index (χ4n) is 2.14. The number of hydrogen-bond donors (Lipinski definition) is 1. The first-order valence-corrected chi connectivity index (χ1v) is 6.34. The Morgan fingerprint density at radius 1 is 1.31 bits per heavy atom. The zero-order chi connectivity index (χ0) is 12.3. The number of ether oxygens (including phenoxy) is 1. The number of hydrogen-bond acceptors (Lipinski definition) is 3. The molecule has 0 unspecified atom stereocenters. The molecule has 0 radical (unpaired) electrons. The van der Waals surface area contributed by atoms with Gasteiger partial charge in [0.15, 0.2) is 0 Å². The number of carbonyl (C=O) groups excluding carboxylic acids is 1. The van der Waals surface area contributed by atoms with Crippen molar-refractivity contribution in [2.75, 3.05) is 0 Å². The quantitative estimate of drug-likeness (QED) is 0.466. The van der Waals surface area contributed by atoms with Gasteiger partial charge in [0.1, 0.15) is 6.10 Å². The Bertz CT molecular complexity index is 270. The number of rotatable bonds is 3. The Labute approximate surface area is 104 Å². The van der Waals surface area contributed by atoms with E-state index in [0.29, 0.717) is 11.5 Å². The van der Waals surface area contributed by atoms with E-state index in [1.165, 1.54) is 0 Å². The van der Waals surface area contributed by atoms with E-state index in [-0.39, 0.29) is 16.8 Å². The minimum Gasteiger partial charge on any atom is -0.459 e. The first-order chi connectivity index (χ1) is 7.30. The van der Waals surface area contributed by atoms with Crippen molar-refractivity contribution in [3.63, 3.8) is 0 Å². The van der Waals surface area contributed by atoms with Crippen LogP contribution in [0.5, 0.6) is 0 Å². The van der Waals surface area contributed by atoms with E-state index in [2.05, 4.69) is 33.1 Å². The zero-order valence-corrected chi connectivity index (χ0v) is 11.3. The molecule has 1 fully saturated rings. The highest BCUT2D eigenvalue weighted by Gasteiger charge is 2.31. The molecule has 0 bridgehead atoms. The van der Waals surface area contributed by atoms with Gasteiger partial charge in [0.05, 0.1) is 0 Å². The standard InChI is InChI=1S/C13H22O2S/c1-9(2)12(14)15-11-7-5-10(6-8-11)13(3,4)16/h10-11,16H,1,5-8H2,2-4H3. The highest BCUT2D eigenvalue weighted by molar-refractivity contribution is 7.81. The van der Waals surface area contributed by atoms with Crippen LogP contribution in [-0.2, 0) is 9.53 Å². The molecule has 0 aromatic rings. The molecule has 0 atom stereocenters. The molecule has 1 aliphatic carbocycles. The van der Waals surface area contributed by atoms with E-state index in [1.54, 1.807) is 6.92 Å². The Hall–Kier alpha value is -0.440. The van der Waals surface area contributed by atoms with Crippen LogP contribution in [0.15, 0.2) is 12.2 Å². The lowest BCUT2D eigenvalue weighted by Gasteiger charge is -2.35. The molecule has 0 saturated heterocycles. The second-order valence-corrected chi connectivity index (χ2v) is 6.47. The van der Waals surface area contributed by atoms with Crippen molar-refractivity contribution in [1.82, 2.24) is 0 Å². The van der Waals surface area contributed by atoms with Gasteiger partial charge in [-0.1, -0.05) is 20.4 Å². The van der Waals surface area contributed by atoms with Crippen LogP contribution in [0.25, 0.3) is 0 Å². The van der Waals surface area contributed by atoms with E-state index in [4.69, 9.17) is 4.74 Å². The minimum atomic E-state index is -0.256. The second kappa shape index (κ2) is 5.26. The van der Waals surface area contributed by atoms with E-state index in [0.717, 1.165) is 25.7 Å². The smallest absolute Gasteiger partial charge is 0.333 e. The number of esters is 1. The third-order valence-electron chi connectivity index (χ3n) is 3.30. The van der Waals surface area contributed by atoms with Gasteiger partial charge in [-0.2, -0.15) is 12.6 Å². The zero-order valence-electron chi connectivity index (χ0n) is 10.5. The minimum absolute atomic E-state index is 0.0728. The maximum atomic E-state index is 11.4. The molecule has 92 valence electrons. The first-order valence-electron chi connectivity index (χ1n) is 5.89. The molecule has 1 rings (SSSR count). The molecular weight excluding hydrogens is 220 g/mol. The summed E-state index contributed by atoms with van der Waals surface area (Å²) >= 11 is 4.61. The normalized spacial score (nSPS) is 26.2. The van der Waals surface area contributed by atoms with Gasteiger partial charge in [-0.05, 0) is 38.5 Å². The Kier molecular flexibility index (Phi) is 4.48. The van der Waals surface area contributed by atoms with E-state index in [1.807, 2.05) is 0 Å². The summed E-state index contributed by atoms with van der Waals surface area (Å²) in [6.07, 6.45) is 4.16. The molecule has 0 heterocycles. The Balaban J connectivity index is 2.38. The molecule has 0 spiro atoms.